The Kier molecular flexibility index (Phi) is 3.88. The summed E-state index contributed by atoms with van der Waals surface area (Å²) >= 11 is 1.44. The number of ether oxygens (including phenoxy) is 1. The summed E-state index contributed by atoms with van der Waals surface area (Å²) < 4.78 is 5.14. The Bertz CT molecular complexity index is 639. The summed E-state index contributed by atoms with van der Waals surface area (Å²) in [6, 6.07) is 7.91. The van der Waals surface area contributed by atoms with Crippen molar-refractivity contribution in [3.05, 3.63) is 34.8 Å². The Morgan fingerprint density at radius 2 is 2.14 bits per heavy atom. The predicted molar refractivity (Wildman–Crippen MR) is 81.8 cm³/mol. The molecule has 0 spiro atoms. The number of benzene rings is 1. The third-order valence-corrected chi connectivity index (χ3v) is 4.65. The lowest BCUT2D eigenvalue weighted by molar-refractivity contribution is -0.117. The first-order valence-corrected chi connectivity index (χ1v) is 7.80. The molecule has 110 valence electrons. The number of nitrogens with one attached hydrogen (secondary N) is 1. The first-order chi connectivity index (χ1) is 10.2. The second-order valence-electron chi connectivity index (χ2n) is 5.07. The van der Waals surface area contributed by atoms with E-state index in [0.717, 1.165) is 23.6 Å². The lowest BCUT2D eigenvalue weighted by atomic mass is 10.1. The molecular formula is C15H17N3O2S. The highest BCUT2D eigenvalue weighted by molar-refractivity contribution is 7.15. The number of carbonyl (C=O) groups is 1. The number of rotatable bonds is 5. The van der Waals surface area contributed by atoms with Crippen LogP contribution >= 0.6 is 11.3 Å². The van der Waals surface area contributed by atoms with E-state index in [1.54, 1.807) is 7.11 Å². The summed E-state index contributed by atoms with van der Waals surface area (Å²) in [5.74, 6) is 1.21. The highest BCUT2D eigenvalue weighted by Crippen LogP contribution is 2.48. The lowest BCUT2D eigenvalue weighted by Gasteiger charge is -2.03. The SMILES string of the molecule is CCc1nnc(NC(=O)C2CC2c2ccc(OC)cc2)s1. The van der Waals surface area contributed by atoms with Crippen molar-refractivity contribution in [2.24, 2.45) is 5.92 Å². The highest BCUT2D eigenvalue weighted by Gasteiger charge is 2.44. The van der Waals surface area contributed by atoms with Gasteiger partial charge in [-0.1, -0.05) is 30.4 Å². The van der Waals surface area contributed by atoms with E-state index in [0.29, 0.717) is 11.0 Å². The fourth-order valence-corrected chi connectivity index (χ4v) is 3.03. The Hall–Kier alpha value is -1.95. The predicted octanol–water partition coefficient (Wildman–Crippen LogP) is 2.85. The van der Waals surface area contributed by atoms with Crippen LogP contribution in [0.1, 0.15) is 29.8 Å². The quantitative estimate of drug-likeness (QED) is 0.922. The molecule has 5 nitrogen and oxygen atoms in total. The van der Waals surface area contributed by atoms with E-state index in [1.165, 1.54) is 16.9 Å². The van der Waals surface area contributed by atoms with Gasteiger partial charge in [0.05, 0.1) is 7.11 Å². The molecule has 1 aliphatic rings. The molecule has 1 aliphatic carbocycles. The van der Waals surface area contributed by atoms with Crippen LogP contribution in [0.25, 0.3) is 0 Å². The molecule has 1 fully saturated rings. The number of carbonyl (C=O) groups excluding carboxylic acids is 1. The molecule has 21 heavy (non-hydrogen) atoms. The number of aryl methyl sites for hydroxylation is 1. The van der Waals surface area contributed by atoms with Crippen LogP contribution in [0.5, 0.6) is 5.75 Å². The standard InChI is InChI=1S/C15H17N3O2S/c1-3-13-17-18-15(21-13)16-14(19)12-8-11(12)9-4-6-10(20-2)7-5-9/h4-7,11-12H,3,8H2,1-2H3,(H,16,18,19). The van der Waals surface area contributed by atoms with Crippen molar-refractivity contribution in [2.75, 3.05) is 12.4 Å². The van der Waals surface area contributed by atoms with Gasteiger partial charge in [0.25, 0.3) is 0 Å². The summed E-state index contributed by atoms with van der Waals surface area (Å²) in [6.45, 7) is 2.02. The molecule has 0 bridgehead atoms. The van der Waals surface area contributed by atoms with Gasteiger partial charge in [0, 0.05) is 5.92 Å². The first-order valence-electron chi connectivity index (χ1n) is 6.98. The molecule has 2 unspecified atom stereocenters. The van der Waals surface area contributed by atoms with Crippen LogP contribution in [0.3, 0.4) is 0 Å². The van der Waals surface area contributed by atoms with Crippen molar-refractivity contribution < 1.29 is 9.53 Å². The summed E-state index contributed by atoms with van der Waals surface area (Å²) in [6.07, 6.45) is 1.73. The van der Waals surface area contributed by atoms with Gasteiger partial charge in [0.15, 0.2) is 0 Å². The Labute approximate surface area is 127 Å². The summed E-state index contributed by atoms with van der Waals surface area (Å²) in [7, 11) is 1.65. The molecule has 1 N–H and O–H groups in total. The molecule has 1 amide bonds. The van der Waals surface area contributed by atoms with E-state index < -0.39 is 0 Å². The van der Waals surface area contributed by atoms with Crippen molar-refractivity contribution >= 4 is 22.4 Å². The van der Waals surface area contributed by atoms with Gasteiger partial charge in [-0.3, -0.25) is 4.79 Å². The zero-order chi connectivity index (χ0) is 14.8. The zero-order valence-electron chi connectivity index (χ0n) is 12.0. The van der Waals surface area contributed by atoms with Crippen LogP contribution in [0.4, 0.5) is 5.13 Å². The number of hydrogen-bond donors (Lipinski definition) is 1. The van der Waals surface area contributed by atoms with Gasteiger partial charge in [0.2, 0.25) is 11.0 Å². The molecule has 2 atom stereocenters. The van der Waals surface area contributed by atoms with Crippen LogP contribution in [-0.2, 0) is 11.2 Å². The number of hydrogen-bond acceptors (Lipinski definition) is 5. The minimum atomic E-state index is 0.0346. The molecule has 0 aliphatic heterocycles. The minimum Gasteiger partial charge on any atom is -0.497 e. The molecule has 6 heteroatoms. The monoisotopic (exact) mass is 303 g/mol. The fourth-order valence-electron chi connectivity index (χ4n) is 2.35. The molecule has 3 rings (SSSR count). The second-order valence-corrected chi connectivity index (χ2v) is 6.13. The lowest BCUT2D eigenvalue weighted by Crippen LogP contribution is -2.14. The third kappa shape index (κ3) is 3.05. The molecule has 1 aromatic carbocycles. The van der Waals surface area contributed by atoms with Gasteiger partial charge in [-0.15, -0.1) is 10.2 Å². The van der Waals surface area contributed by atoms with Gasteiger partial charge in [-0.05, 0) is 36.5 Å². The van der Waals surface area contributed by atoms with E-state index in [2.05, 4.69) is 15.5 Å². The van der Waals surface area contributed by atoms with Crippen LogP contribution in [0.2, 0.25) is 0 Å². The summed E-state index contributed by atoms with van der Waals surface area (Å²) in [5.41, 5.74) is 1.18. The number of aromatic nitrogens is 2. The van der Waals surface area contributed by atoms with Gasteiger partial charge in [-0.25, -0.2) is 0 Å². The number of anilines is 1. The van der Waals surface area contributed by atoms with E-state index in [-0.39, 0.29) is 11.8 Å². The topological polar surface area (TPSA) is 64.1 Å². The third-order valence-electron chi connectivity index (χ3n) is 3.67. The maximum absolute atomic E-state index is 12.2. The molecular weight excluding hydrogens is 286 g/mol. The minimum absolute atomic E-state index is 0.0346. The van der Waals surface area contributed by atoms with Crippen LogP contribution in [-0.4, -0.2) is 23.2 Å². The maximum atomic E-state index is 12.2. The molecule has 0 saturated heterocycles. The average molecular weight is 303 g/mol. The fraction of sp³-hybridized carbons (Fsp3) is 0.400. The molecule has 1 heterocycles. The Morgan fingerprint density at radius 3 is 2.76 bits per heavy atom. The summed E-state index contributed by atoms with van der Waals surface area (Å²) in [5, 5.41) is 12.4. The number of methoxy groups -OCH3 is 1. The van der Waals surface area contributed by atoms with E-state index in [9.17, 15) is 4.79 Å². The Balaban J connectivity index is 1.59. The van der Waals surface area contributed by atoms with E-state index in [4.69, 9.17) is 4.74 Å². The smallest absolute Gasteiger partial charge is 0.229 e. The normalized spacial score (nSPS) is 20.1. The van der Waals surface area contributed by atoms with Crippen LogP contribution in [0, 0.1) is 5.92 Å². The van der Waals surface area contributed by atoms with E-state index in [1.807, 2.05) is 31.2 Å². The first kappa shape index (κ1) is 14.0. The van der Waals surface area contributed by atoms with Crippen molar-refractivity contribution in [3.63, 3.8) is 0 Å². The van der Waals surface area contributed by atoms with Crippen molar-refractivity contribution in [1.29, 1.82) is 0 Å². The van der Waals surface area contributed by atoms with Crippen molar-refractivity contribution in [1.82, 2.24) is 10.2 Å². The maximum Gasteiger partial charge on any atom is 0.229 e. The van der Waals surface area contributed by atoms with Crippen molar-refractivity contribution in [3.8, 4) is 5.75 Å². The highest BCUT2D eigenvalue weighted by atomic mass is 32.1. The van der Waals surface area contributed by atoms with Crippen LogP contribution < -0.4 is 10.1 Å². The molecule has 1 aromatic heterocycles. The Morgan fingerprint density at radius 1 is 1.38 bits per heavy atom. The second kappa shape index (κ2) is 5.81. The van der Waals surface area contributed by atoms with Crippen molar-refractivity contribution in [2.45, 2.75) is 25.7 Å². The van der Waals surface area contributed by atoms with E-state index >= 15 is 0 Å². The average Bonchev–Trinajstić information content (AvgIpc) is 3.20. The zero-order valence-corrected chi connectivity index (χ0v) is 12.8. The molecule has 1 saturated carbocycles. The molecule has 0 radical (unpaired) electrons. The van der Waals surface area contributed by atoms with Crippen LogP contribution in [0.15, 0.2) is 24.3 Å². The van der Waals surface area contributed by atoms with Gasteiger partial charge < -0.3 is 10.1 Å². The van der Waals surface area contributed by atoms with Gasteiger partial charge in [0.1, 0.15) is 10.8 Å². The number of nitrogens with zero attached hydrogens (tertiary/aromatic N) is 2. The summed E-state index contributed by atoms with van der Waals surface area (Å²) in [4.78, 5) is 12.2. The van der Waals surface area contributed by atoms with Gasteiger partial charge in [-0.2, -0.15) is 0 Å². The number of amides is 1. The van der Waals surface area contributed by atoms with Gasteiger partial charge >= 0.3 is 0 Å². The largest absolute Gasteiger partial charge is 0.497 e. The molecule has 2 aromatic rings.